The van der Waals surface area contributed by atoms with Crippen molar-refractivity contribution in [2.24, 2.45) is 11.8 Å². The van der Waals surface area contributed by atoms with E-state index in [9.17, 15) is 4.79 Å². The summed E-state index contributed by atoms with van der Waals surface area (Å²) in [6, 6.07) is 14.3. The first-order valence-electron chi connectivity index (χ1n) is 9.78. The second-order valence-corrected chi connectivity index (χ2v) is 7.88. The molecular formula is C23H31ClN2O2. The molecule has 1 heterocycles. The largest absolute Gasteiger partial charge is 0.489 e. The zero-order chi connectivity index (χ0) is 19.4. The van der Waals surface area contributed by atoms with E-state index in [4.69, 9.17) is 4.74 Å². The number of carbonyl (C=O) groups excluding carboxylic acids is 1. The second kappa shape index (κ2) is 9.94. The number of halogens is 1. The van der Waals surface area contributed by atoms with Crippen LogP contribution in [0.1, 0.15) is 43.4 Å². The Morgan fingerprint density at radius 2 is 1.82 bits per heavy atom. The van der Waals surface area contributed by atoms with Gasteiger partial charge in [0.25, 0.3) is 0 Å². The van der Waals surface area contributed by atoms with Gasteiger partial charge in [0, 0.05) is 11.6 Å². The molecule has 0 spiro atoms. The highest BCUT2D eigenvalue weighted by Gasteiger charge is 2.28. The number of amides is 1. The van der Waals surface area contributed by atoms with Crippen LogP contribution < -0.4 is 15.4 Å². The van der Waals surface area contributed by atoms with Gasteiger partial charge < -0.3 is 15.4 Å². The Balaban J connectivity index is 0.00000280. The number of anilines is 1. The van der Waals surface area contributed by atoms with Crippen LogP contribution in [0.25, 0.3) is 0 Å². The van der Waals surface area contributed by atoms with Crippen molar-refractivity contribution in [3.63, 3.8) is 0 Å². The number of nitrogens with one attached hydrogen (secondary N) is 2. The molecule has 5 heteroatoms. The van der Waals surface area contributed by atoms with E-state index < -0.39 is 0 Å². The molecule has 28 heavy (non-hydrogen) atoms. The topological polar surface area (TPSA) is 50.4 Å². The van der Waals surface area contributed by atoms with Crippen molar-refractivity contribution in [1.29, 1.82) is 0 Å². The number of benzene rings is 2. The van der Waals surface area contributed by atoms with Crippen molar-refractivity contribution in [2.75, 3.05) is 18.4 Å². The van der Waals surface area contributed by atoms with Crippen molar-refractivity contribution >= 4 is 24.0 Å². The molecule has 1 fully saturated rings. The van der Waals surface area contributed by atoms with E-state index in [-0.39, 0.29) is 24.2 Å². The van der Waals surface area contributed by atoms with E-state index in [0.29, 0.717) is 18.4 Å². The van der Waals surface area contributed by atoms with Gasteiger partial charge in [-0.15, -0.1) is 12.4 Å². The van der Waals surface area contributed by atoms with Crippen molar-refractivity contribution in [1.82, 2.24) is 5.32 Å². The Morgan fingerprint density at radius 3 is 2.39 bits per heavy atom. The lowest BCUT2D eigenvalue weighted by Crippen LogP contribution is -2.48. The summed E-state index contributed by atoms with van der Waals surface area (Å²) >= 11 is 0. The van der Waals surface area contributed by atoms with Crippen molar-refractivity contribution in [3.05, 3.63) is 59.2 Å². The lowest BCUT2D eigenvalue weighted by Gasteiger charge is -2.31. The standard InChI is InChI=1S/C23H30N2O2.ClH/c1-15(2)21-10-5-16(3)11-22(21)27-14-18-6-8-20(9-7-18)25-23(26)17(4)19-12-24-13-19;/h5-11,15,17,19,24H,12-14H2,1-4H3,(H,25,26);1H. The van der Waals surface area contributed by atoms with E-state index in [1.165, 1.54) is 11.1 Å². The fourth-order valence-corrected chi connectivity index (χ4v) is 3.22. The van der Waals surface area contributed by atoms with Gasteiger partial charge in [0.2, 0.25) is 5.91 Å². The molecule has 1 unspecified atom stereocenters. The maximum Gasteiger partial charge on any atom is 0.227 e. The van der Waals surface area contributed by atoms with Gasteiger partial charge in [0.15, 0.2) is 0 Å². The highest BCUT2D eigenvalue weighted by Crippen LogP contribution is 2.28. The van der Waals surface area contributed by atoms with Crippen LogP contribution in [-0.4, -0.2) is 19.0 Å². The molecule has 2 aromatic carbocycles. The van der Waals surface area contributed by atoms with E-state index in [1.54, 1.807) is 0 Å². The van der Waals surface area contributed by atoms with Gasteiger partial charge in [-0.1, -0.05) is 45.0 Å². The summed E-state index contributed by atoms with van der Waals surface area (Å²) < 4.78 is 6.08. The Hall–Kier alpha value is -2.04. The zero-order valence-corrected chi connectivity index (χ0v) is 17.9. The van der Waals surface area contributed by atoms with Gasteiger partial charge in [0.1, 0.15) is 12.4 Å². The first-order chi connectivity index (χ1) is 12.9. The van der Waals surface area contributed by atoms with Crippen molar-refractivity contribution in [3.8, 4) is 5.75 Å². The first kappa shape index (κ1) is 22.3. The lowest BCUT2D eigenvalue weighted by atomic mass is 9.88. The maximum atomic E-state index is 12.3. The maximum absolute atomic E-state index is 12.3. The van der Waals surface area contributed by atoms with Crippen LogP contribution in [0, 0.1) is 18.8 Å². The summed E-state index contributed by atoms with van der Waals surface area (Å²) in [6.07, 6.45) is 0. The van der Waals surface area contributed by atoms with Gasteiger partial charge in [-0.05, 0) is 66.7 Å². The van der Waals surface area contributed by atoms with E-state index >= 15 is 0 Å². The summed E-state index contributed by atoms with van der Waals surface area (Å²) in [7, 11) is 0. The number of hydrogen-bond acceptors (Lipinski definition) is 3. The molecule has 0 aromatic heterocycles. The number of carbonyl (C=O) groups is 1. The third kappa shape index (κ3) is 5.49. The Bertz CT molecular complexity index is 786. The van der Waals surface area contributed by atoms with E-state index in [2.05, 4.69) is 49.6 Å². The zero-order valence-electron chi connectivity index (χ0n) is 17.1. The average molecular weight is 403 g/mol. The summed E-state index contributed by atoms with van der Waals surface area (Å²) in [4.78, 5) is 12.3. The summed E-state index contributed by atoms with van der Waals surface area (Å²) in [5.74, 6) is 1.94. The molecule has 1 atom stereocenters. The SMILES string of the molecule is Cc1ccc(C(C)C)c(OCc2ccc(NC(=O)C(C)C3CNC3)cc2)c1.Cl. The Labute approximate surface area is 174 Å². The van der Waals surface area contributed by atoms with Crippen LogP contribution in [0.3, 0.4) is 0 Å². The van der Waals surface area contributed by atoms with Gasteiger partial charge in [-0.25, -0.2) is 0 Å². The van der Waals surface area contributed by atoms with Crippen LogP contribution in [0.5, 0.6) is 5.75 Å². The first-order valence-corrected chi connectivity index (χ1v) is 9.78. The number of ether oxygens (including phenoxy) is 1. The Kier molecular flexibility index (Phi) is 7.90. The minimum absolute atomic E-state index is 0. The normalized spacial score (nSPS) is 14.8. The lowest BCUT2D eigenvalue weighted by molar-refractivity contribution is -0.121. The molecule has 1 aliphatic heterocycles. The predicted molar refractivity (Wildman–Crippen MR) is 117 cm³/mol. The molecule has 0 radical (unpaired) electrons. The molecule has 4 nitrogen and oxygen atoms in total. The molecule has 1 saturated heterocycles. The molecule has 0 saturated carbocycles. The Morgan fingerprint density at radius 1 is 1.14 bits per heavy atom. The highest BCUT2D eigenvalue weighted by molar-refractivity contribution is 5.92. The molecule has 2 N–H and O–H groups in total. The van der Waals surface area contributed by atoms with Gasteiger partial charge in [0.05, 0.1) is 0 Å². The minimum Gasteiger partial charge on any atom is -0.489 e. The van der Waals surface area contributed by atoms with Gasteiger partial charge in [-0.2, -0.15) is 0 Å². The predicted octanol–water partition coefficient (Wildman–Crippen LogP) is 4.91. The van der Waals surface area contributed by atoms with Gasteiger partial charge in [-0.3, -0.25) is 4.79 Å². The van der Waals surface area contributed by atoms with E-state index in [0.717, 1.165) is 30.1 Å². The quantitative estimate of drug-likeness (QED) is 0.691. The van der Waals surface area contributed by atoms with Crippen LogP contribution >= 0.6 is 12.4 Å². The molecule has 0 bridgehead atoms. The fraction of sp³-hybridized carbons (Fsp3) is 0.435. The summed E-state index contributed by atoms with van der Waals surface area (Å²) in [6.45, 7) is 10.8. The summed E-state index contributed by atoms with van der Waals surface area (Å²) in [5.41, 5.74) is 4.34. The van der Waals surface area contributed by atoms with E-state index in [1.807, 2.05) is 31.2 Å². The van der Waals surface area contributed by atoms with Crippen molar-refractivity contribution in [2.45, 2.75) is 40.2 Å². The molecular weight excluding hydrogens is 372 g/mol. The molecule has 0 aliphatic carbocycles. The van der Waals surface area contributed by atoms with Crippen LogP contribution in [0.4, 0.5) is 5.69 Å². The van der Waals surface area contributed by atoms with Crippen LogP contribution in [-0.2, 0) is 11.4 Å². The number of rotatable bonds is 7. The second-order valence-electron chi connectivity index (χ2n) is 7.88. The third-order valence-corrected chi connectivity index (χ3v) is 5.34. The van der Waals surface area contributed by atoms with Crippen molar-refractivity contribution < 1.29 is 9.53 Å². The fourth-order valence-electron chi connectivity index (χ4n) is 3.22. The van der Waals surface area contributed by atoms with Crippen LogP contribution in [0.15, 0.2) is 42.5 Å². The molecule has 2 aromatic rings. The minimum atomic E-state index is 0. The average Bonchev–Trinajstić information content (AvgIpc) is 2.59. The molecule has 152 valence electrons. The summed E-state index contributed by atoms with van der Waals surface area (Å²) in [5, 5.41) is 6.23. The molecule has 3 rings (SSSR count). The molecule has 1 aliphatic rings. The van der Waals surface area contributed by atoms with Crippen LogP contribution in [0.2, 0.25) is 0 Å². The smallest absolute Gasteiger partial charge is 0.227 e. The highest BCUT2D eigenvalue weighted by atomic mass is 35.5. The number of aryl methyl sites for hydroxylation is 1. The number of hydrogen-bond donors (Lipinski definition) is 2. The third-order valence-electron chi connectivity index (χ3n) is 5.34. The monoisotopic (exact) mass is 402 g/mol. The van der Waals surface area contributed by atoms with Gasteiger partial charge >= 0.3 is 0 Å². The molecule has 1 amide bonds.